The minimum Gasteiger partial charge on any atom is -0.379 e. The van der Waals surface area contributed by atoms with Crippen molar-refractivity contribution in [3.63, 3.8) is 0 Å². The summed E-state index contributed by atoms with van der Waals surface area (Å²) in [7, 11) is 0. The van der Waals surface area contributed by atoms with E-state index in [4.69, 9.17) is 10.5 Å². The monoisotopic (exact) mass is 233 g/mol. The summed E-state index contributed by atoms with van der Waals surface area (Å²) < 4.78 is 5.23. The number of ether oxygens (including phenoxy) is 1. The van der Waals surface area contributed by atoms with E-state index in [0.717, 1.165) is 11.1 Å². The Morgan fingerprint density at radius 2 is 2.24 bits per heavy atom. The van der Waals surface area contributed by atoms with Gasteiger partial charge in [0, 0.05) is 13.0 Å². The van der Waals surface area contributed by atoms with Crippen LogP contribution in [0.2, 0.25) is 0 Å². The van der Waals surface area contributed by atoms with Crippen LogP contribution in [0.15, 0.2) is 18.2 Å². The fourth-order valence-corrected chi connectivity index (χ4v) is 2.14. The average Bonchev–Trinajstić information content (AvgIpc) is 2.72. The summed E-state index contributed by atoms with van der Waals surface area (Å²) >= 11 is 0. The number of rotatable bonds is 3. The van der Waals surface area contributed by atoms with Gasteiger partial charge in [0.05, 0.1) is 6.61 Å². The molecule has 1 aromatic carbocycles. The molecule has 1 aromatic rings. The number of carbonyl (C=O) groups is 1. The van der Waals surface area contributed by atoms with Crippen molar-refractivity contribution in [3.8, 4) is 0 Å². The van der Waals surface area contributed by atoms with Crippen LogP contribution in [0.4, 0.5) is 0 Å². The van der Waals surface area contributed by atoms with Gasteiger partial charge >= 0.3 is 0 Å². The fourth-order valence-electron chi connectivity index (χ4n) is 2.14. The van der Waals surface area contributed by atoms with Gasteiger partial charge in [-0.25, -0.2) is 0 Å². The zero-order valence-corrected chi connectivity index (χ0v) is 10.5. The molecule has 0 spiro atoms. The molecule has 1 fully saturated rings. The van der Waals surface area contributed by atoms with Crippen molar-refractivity contribution in [2.24, 2.45) is 5.73 Å². The van der Waals surface area contributed by atoms with Crippen molar-refractivity contribution < 1.29 is 9.53 Å². The quantitative estimate of drug-likeness (QED) is 0.861. The Labute approximate surface area is 102 Å². The maximum Gasteiger partial charge on any atom is 0.159 e. The highest BCUT2D eigenvalue weighted by Gasteiger charge is 2.37. The number of aryl methyl sites for hydroxylation is 2. The van der Waals surface area contributed by atoms with Crippen molar-refractivity contribution in [2.45, 2.75) is 32.2 Å². The van der Waals surface area contributed by atoms with Gasteiger partial charge < -0.3 is 10.5 Å². The number of benzene rings is 1. The maximum atomic E-state index is 12.2. The zero-order chi connectivity index (χ0) is 12.5. The molecule has 2 rings (SSSR count). The largest absolute Gasteiger partial charge is 0.379 e. The van der Waals surface area contributed by atoms with E-state index in [9.17, 15) is 4.79 Å². The first-order valence-electron chi connectivity index (χ1n) is 5.97. The lowest BCUT2D eigenvalue weighted by Gasteiger charge is -2.20. The van der Waals surface area contributed by atoms with Crippen LogP contribution in [0.3, 0.4) is 0 Å². The predicted octanol–water partition coefficient (Wildman–Crippen LogP) is 1.53. The molecule has 3 heteroatoms. The van der Waals surface area contributed by atoms with Crippen molar-refractivity contribution >= 4 is 5.78 Å². The molecule has 0 bridgehead atoms. The van der Waals surface area contributed by atoms with Crippen LogP contribution >= 0.6 is 0 Å². The summed E-state index contributed by atoms with van der Waals surface area (Å²) in [6.07, 6.45) is 1.05. The van der Waals surface area contributed by atoms with E-state index in [1.54, 1.807) is 0 Å². The zero-order valence-electron chi connectivity index (χ0n) is 10.5. The molecule has 0 amide bonds. The number of hydrogen-bond acceptors (Lipinski definition) is 3. The predicted molar refractivity (Wildman–Crippen MR) is 67.0 cm³/mol. The number of hydrogen-bond donors (Lipinski definition) is 1. The molecule has 0 saturated carbocycles. The van der Waals surface area contributed by atoms with E-state index in [1.807, 2.05) is 19.9 Å². The van der Waals surface area contributed by atoms with Crippen molar-refractivity contribution in [1.29, 1.82) is 0 Å². The molecular formula is C14H19NO2. The molecule has 17 heavy (non-hydrogen) atoms. The Morgan fingerprint density at radius 1 is 1.47 bits per heavy atom. The Balaban J connectivity index is 2.15. The van der Waals surface area contributed by atoms with E-state index in [1.165, 1.54) is 5.56 Å². The van der Waals surface area contributed by atoms with E-state index < -0.39 is 5.54 Å². The molecule has 0 aromatic heterocycles. The molecule has 0 radical (unpaired) electrons. The summed E-state index contributed by atoms with van der Waals surface area (Å²) in [5.74, 6) is 0.0868. The molecule has 92 valence electrons. The summed E-state index contributed by atoms with van der Waals surface area (Å²) in [6, 6.07) is 6.17. The lowest BCUT2D eigenvalue weighted by molar-refractivity contribution is -0.123. The van der Waals surface area contributed by atoms with Gasteiger partial charge in [-0.3, -0.25) is 4.79 Å². The third-order valence-corrected chi connectivity index (χ3v) is 3.46. The Kier molecular flexibility index (Phi) is 3.31. The minimum absolute atomic E-state index is 0.0868. The number of Topliss-reactive ketones (excluding diaryl/α,β-unsaturated/α-hetero) is 1. The Bertz CT molecular complexity index is 434. The van der Waals surface area contributed by atoms with Crippen LogP contribution in [-0.2, 0) is 16.0 Å². The van der Waals surface area contributed by atoms with Crippen molar-refractivity contribution in [3.05, 3.63) is 34.9 Å². The normalized spacial score (nSPS) is 23.9. The van der Waals surface area contributed by atoms with Crippen molar-refractivity contribution in [2.75, 3.05) is 13.2 Å². The van der Waals surface area contributed by atoms with Gasteiger partial charge in [-0.05, 0) is 31.4 Å². The molecule has 3 nitrogen and oxygen atoms in total. The second-order valence-corrected chi connectivity index (χ2v) is 4.99. The third kappa shape index (κ3) is 2.56. The first kappa shape index (κ1) is 12.3. The highest BCUT2D eigenvalue weighted by molar-refractivity contribution is 5.90. The van der Waals surface area contributed by atoms with Gasteiger partial charge in [-0.1, -0.05) is 23.8 Å². The molecule has 1 heterocycles. The molecule has 0 aliphatic carbocycles. The topological polar surface area (TPSA) is 52.3 Å². The van der Waals surface area contributed by atoms with E-state index in [2.05, 4.69) is 12.1 Å². The van der Waals surface area contributed by atoms with Gasteiger partial charge in [0.15, 0.2) is 5.78 Å². The SMILES string of the molecule is Cc1ccc(C)c(CC(=O)C2(N)CCOC2)c1. The molecule has 2 N–H and O–H groups in total. The standard InChI is InChI=1S/C14H19NO2/c1-10-3-4-11(2)12(7-10)8-13(16)14(15)5-6-17-9-14/h3-4,7H,5-6,8-9,15H2,1-2H3. The summed E-state index contributed by atoms with van der Waals surface area (Å²) in [5.41, 5.74) is 8.69. The van der Waals surface area contributed by atoms with E-state index in [0.29, 0.717) is 26.1 Å². The number of carbonyl (C=O) groups excluding carboxylic acids is 1. The van der Waals surface area contributed by atoms with Gasteiger partial charge in [0.1, 0.15) is 5.54 Å². The smallest absolute Gasteiger partial charge is 0.159 e. The second kappa shape index (κ2) is 4.59. The fraction of sp³-hybridized carbons (Fsp3) is 0.500. The summed E-state index contributed by atoms with van der Waals surface area (Å²) in [5, 5.41) is 0. The van der Waals surface area contributed by atoms with Gasteiger partial charge in [0.25, 0.3) is 0 Å². The molecule has 1 aliphatic rings. The van der Waals surface area contributed by atoms with E-state index in [-0.39, 0.29) is 5.78 Å². The van der Waals surface area contributed by atoms with Gasteiger partial charge in [-0.2, -0.15) is 0 Å². The number of ketones is 1. The molecule has 1 atom stereocenters. The number of nitrogens with two attached hydrogens (primary N) is 1. The van der Waals surface area contributed by atoms with Crippen LogP contribution in [0.5, 0.6) is 0 Å². The highest BCUT2D eigenvalue weighted by Crippen LogP contribution is 2.20. The highest BCUT2D eigenvalue weighted by atomic mass is 16.5. The molecule has 1 saturated heterocycles. The lowest BCUT2D eigenvalue weighted by Crippen LogP contribution is -2.49. The first-order valence-corrected chi connectivity index (χ1v) is 5.97. The average molecular weight is 233 g/mol. The molecule has 1 aliphatic heterocycles. The summed E-state index contributed by atoms with van der Waals surface area (Å²) in [6.45, 7) is 5.01. The van der Waals surface area contributed by atoms with Crippen LogP contribution in [0.1, 0.15) is 23.1 Å². The van der Waals surface area contributed by atoms with Crippen molar-refractivity contribution in [1.82, 2.24) is 0 Å². The van der Waals surface area contributed by atoms with E-state index >= 15 is 0 Å². The van der Waals surface area contributed by atoms with Gasteiger partial charge in [-0.15, -0.1) is 0 Å². The maximum absolute atomic E-state index is 12.2. The molecule has 1 unspecified atom stereocenters. The summed E-state index contributed by atoms with van der Waals surface area (Å²) in [4.78, 5) is 12.2. The minimum atomic E-state index is -0.768. The Morgan fingerprint density at radius 3 is 2.88 bits per heavy atom. The van der Waals surface area contributed by atoms with Gasteiger partial charge in [0.2, 0.25) is 0 Å². The molecular weight excluding hydrogens is 214 g/mol. The van der Waals surface area contributed by atoms with Crippen LogP contribution in [0.25, 0.3) is 0 Å². The third-order valence-electron chi connectivity index (χ3n) is 3.46. The Hall–Kier alpha value is -1.19. The van der Waals surface area contributed by atoms with Crippen LogP contribution in [0, 0.1) is 13.8 Å². The first-order chi connectivity index (χ1) is 8.01. The van der Waals surface area contributed by atoms with Crippen LogP contribution in [-0.4, -0.2) is 24.5 Å². The van der Waals surface area contributed by atoms with Crippen LogP contribution < -0.4 is 5.73 Å². The second-order valence-electron chi connectivity index (χ2n) is 4.99. The lowest BCUT2D eigenvalue weighted by atomic mass is 9.88.